The van der Waals surface area contributed by atoms with Gasteiger partial charge in [0.2, 0.25) is 0 Å². The molecule has 5 aromatic carbocycles. The summed E-state index contributed by atoms with van der Waals surface area (Å²) in [6.45, 7) is 0. The number of pyridine rings is 2. The number of nitrogens with zero attached hydrogens (tertiary/aromatic N) is 2. The molecule has 0 atom stereocenters. The van der Waals surface area contributed by atoms with E-state index in [1.165, 1.54) is 43.4 Å². The monoisotopic (exact) mass is 432 g/mol. The van der Waals surface area contributed by atoms with Crippen molar-refractivity contribution in [1.82, 2.24) is 9.97 Å². The van der Waals surface area contributed by atoms with Gasteiger partial charge in [0.1, 0.15) is 0 Å². The lowest BCUT2D eigenvalue weighted by atomic mass is 9.85. The van der Waals surface area contributed by atoms with E-state index in [-0.39, 0.29) is 0 Å². The summed E-state index contributed by atoms with van der Waals surface area (Å²) in [7, 11) is 0. The zero-order valence-corrected chi connectivity index (χ0v) is 18.4. The largest absolute Gasteiger partial charge is 0.263 e. The molecule has 7 rings (SSSR count). The van der Waals surface area contributed by atoms with Crippen molar-refractivity contribution >= 4 is 43.1 Å². The molecule has 34 heavy (non-hydrogen) atoms. The molecule has 0 bridgehead atoms. The Morgan fingerprint density at radius 3 is 1.03 bits per heavy atom. The molecule has 0 saturated heterocycles. The number of aromatic nitrogens is 2. The predicted molar refractivity (Wildman–Crippen MR) is 143 cm³/mol. The van der Waals surface area contributed by atoms with Gasteiger partial charge in [-0.1, -0.05) is 97.1 Å². The van der Waals surface area contributed by atoms with E-state index in [0.29, 0.717) is 0 Å². The number of hydrogen-bond acceptors (Lipinski definition) is 2. The van der Waals surface area contributed by atoms with Crippen LogP contribution in [0.25, 0.3) is 65.3 Å². The van der Waals surface area contributed by atoms with E-state index < -0.39 is 0 Å². The van der Waals surface area contributed by atoms with Crippen LogP contribution in [0.5, 0.6) is 0 Å². The summed E-state index contributed by atoms with van der Waals surface area (Å²) in [5.74, 6) is 0. The lowest BCUT2D eigenvalue weighted by Crippen LogP contribution is -1.93. The van der Waals surface area contributed by atoms with Crippen LogP contribution in [0, 0.1) is 0 Å². The molecule has 0 aliphatic heterocycles. The lowest BCUT2D eigenvalue weighted by Gasteiger charge is -2.19. The smallest absolute Gasteiger partial charge is 0.0353 e. The Bertz CT molecular complexity index is 1660. The molecule has 2 heterocycles. The third kappa shape index (κ3) is 2.76. The van der Waals surface area contributed by atoms with Gasteiger partial charge in [-0.05, 0) is 43.4 Å². The average molecular weight is 433 g/mol. The third-order valence-electron chi connectivity index (χ3n) is 6.81. The predicted octanol–water partition coefficient (Wildman–Crippen LogP) is 8.42. The quantitative estimate of drug-likeness (QED) is 0.256. The second-order valence-electron chi connectivity index (χ2n) is 8.66. The Labute approximate surface area is 197 Å². The SMILES string of the molecule is c1ccc2c(-c3c4ccccc4c(-c4cncc5ccccc45)c4ccccc34)cncc2c1. The van der Waals surface area contributed by atoms with Gasteiger partial charge in [-0.15, -0.1) is 0 Å². The van der Waals surface area contributed by atoms with Crippen LogP contribution in [-0.4, -0.2) is 9.97 Å². The molecular weight excluding hydrogens is 412 g/mol. The van der Waals surface area contributed by atoms with Crippen molar-refractivity contribution in [3.8, 4) is 22.3 Å². The highest BCUT2D eigenvalue weighted by Crippen LogP contribution is 2.45. The molecule has 0 fully saturated rings. The van der Waals surface area contributed by atoms with Crippen LogP contribution < -0.4 is 0 Å². The summed E-state index contributed by atoms with van der Waals surface area (Å²) in [6, 6.07) is 34.5. The maximum Gasteiger partial charge on any atom is 0.0353 e. The first-order chi connectivity index (χ1) is 16.9. The van der Waals surface area contributed by atoms with Gasteiger partial charge in [0.05, 0.1) is 0 Å². The van der Waals surface area contributed by atoms with Gasteiger partial charge in [0.25, 0.3) is 0 Å². The third-order valence-corrected chi connectivity index (χ3v) is 6.81. The van der Waals surface area contributed by atoms with Crippen LogP contribution in [0.2, 0.25) is 0 Å². The van der Waals surface area contributed by atoms with Crippen LogP contribution in [0.4, 0.5) is 0 Å². The highest BCUT2D eigenvalue weighted by molar-refractivity contribution is 6.25. The van der Waals surface area contributed by atoms with Gasteiger partial charge in [-0.25, -0.2) is 0 Å². The first kappa shape index (κ1) is 19.0. The van der Waals surface area contributed by atoms with E-state index in [0.717, 1.165) is 21.9 Å². The van der Waals surface area contributed by atoms with Gasteiger partial charge in [-0.3, -0.25) is 9.97 Å². The second kappa shape index (κ2) is 7.50. The normalized spacial score (nSPS) is 11.5. The van der Waals surface area contributed by atoms with Crippen LogP contribution in [0.15, 0.2) is 122 Å². The summed E-state index contributed by atoms with van der Waals surface area (Å²) in [6.07, 6.45) is 7.91. The zero-order chi connectivity index (χ0) is 22.5. The van der Waals surface area contributed by atoms with Gasteiger partial charge in [0, 0.05) is 46.7 Å². The number of rotatable bonds is 2. The fourth-order valence-corrected chi connectivity index (χ4v) is 5.34. The summed E-state index contributed by atoms with van der Waals surface area (Å²) in [4.78, 5) is 9.23. The van der Waals surface area contributed by atoms with Crippen molar-refractivity contribution in [1.29, 1.82) is 0 Å². The Morgan fingerprint density at radius 2 is 0.647 bits per heavy atom. The minimum atomic E-state index is 1.15. The van der Waals surface area contributed by atoms with Crippen molar-refractivity contribution in [3.63, 3.8) is 0 Å². The number of hydrogen-bond donors (Lipinski definition) is 0. The van der Waals surface area contributed by atoms with Gasteiger partial charge in [0.15, 0.2) is 0 Å². The van der Waals surface area contributed by atoms with Crippen molar-refractivity contribution < 1.29 is 0 Å². The van der Waals surface area contributed by atoms with Gasteiger partial charge < -0.3 is 0 Å². The highest BCUT2D eigenvalue weighted by Gasteiger charge is 2.19. The van der Waals surface area contributed by atoms with Crippen LogP contribution in [0.1, 0.15) is 0 Å². The van der Waals surface area contributed by atoms with Gasteiger partial charge >= 0.3 is 0 Å². The summed E-state index contributed by atoms with van der Waals surface area (Å²) >= 11 is 0. The molecule has 0 spiro atoms. The first-order valence-electron chi connectivity index (χ1n) is 11.5. The molecule has 158 valence electrons. The summed E-state index contributed by atoms with van der Waals surface area (Å²) < 4.78 is 0. The van der Waals surface area contributed by atoms with Crippen molar-refractivity contribution in [2.45, 2.75) is 0 Å². The molecule has 0 amide bonds. The topological polar surface area (TPSA) is 25.8 Å². The fourth-order valence-electron chi connectivity index (χ4n) is 5.34. The maximum absolute atomic E-state index is 4.61. The van der Waals surface area contributed by atoms with E-state index in [1.807, 2.05) is 24.8 Å². The molecular formula is C32H20N2. The molecule has 0 radical (unpaired) electrons. The Balaban J connectivity index is 1.70. The van der Waals surface area contributed by atoms with Crippen molar-refractivity contribution in [2.75, 3.05) is 0 Å². The molecule has 2 heteroatoms. The van der Waals surface area contributed by atoms with Gasteiger partial charge in [-0.2, -0.15) is 0 Å². The van der Waals surface area contributed by atoms with Crippen LogP contribution in [0.3, 0.4) is 0 Å². The second-order valence-corrected chi connectivity index (χ2v) is 8.66. The Morgan fingerprint density at radius 1 is 0.324 bits per heavy atom. The molecule has 0 saturated carbocycles. The molecule has 0 unspecified atom stereocenters. The molecule has 7 aromatic rings. The number of fused-ring (bicyclic) bond motifs is 4. The first-order valence-corrected chi connectivity index (χ1v) is 11.5. The molecule has 0 aliphatic rings. The van der Waals surface area contributed by atoms with E-state index in [1.54, 1.807) is 0 Å². The Kier molecular flexibility index (Phi) is 4.18. The molecule has 0 aliphatic carbocycles. The molecule has 2 aromatic heterocycles. The van der Waals surface area contributed by atoms with Crippen molar-refractivity contribution in [3.05, 3.63) is 122 Å². The van der Waals surface area contributed by atoms with E-state index in [2.05, 4.69) is 107 Å². The Hall–Kier alpha value is -4.56. The minimum absolute atomic E-state index is 1.15. The standard InChI is InChI=1S/C32H20N2/c1-3-11-23-21(9-1)17-33-19-29(23)31-25-13-5-7-15-27(25)32(28-16-8-6-14-26(28)31)30-20-34-18-22-10-2-4-12-24(22)30/h1-20H. The summed E-state index contributed by atoms with van der Waals surface area (Å²) in [5, 5.41) is 9.62. The average Bonchev–Trinajstić information content (AvgIpc) is 2.91. The van der Waals surface area contributed by atoms with E-state index in [9.17, 15) is 0 Å². The fraction of sp³-hybridized carbons (Fsp3) is 0. The number of benzene rings is 5. The minimum Gasteiger partial charge on any atom is -0.263 e. The summed E-state index contributed by atoms with van der Waals surface area (Å²) in [5.41, 5.74) is 4.78. The van der Waals surface area contributed by atoms with Crippen molar-refractivity contribution in [2.24, 2.45) is 0 Å². The molecule has 0 N–H and O–H groups in total. The van der Waals surface area contributed by atoms with Crippen LogP contribution in [-0.2, 0) is 0 Å². The highest BCUT2D eigenvalue weighted by atomic mass is 14.6. The van der Waals surface area contributed by atoms with E-state index in [4.69, 9.17) is 0 Å². The molecule has 2 nitrogen and oxygen atoms in total. The maximum atomic E-state index is 4.61. The zero-order valence-electron chi connectivity index (χ0n) is 18.4. The van der Waals surface area contributed by atoms with E-state index >= 15 is 0 Å². The lowest BCUT2D eigenvalue weighted by molar-refractivity contribution is 1.36. The van der Waals surface area contributed by atoms with Crippen LogP contribution >= 0.6 is 0 Å².